The number of carbonyl (C=O) groups excluding carboxylic acids is 2. The predicted molar refractivity (Wildman–Crippen MR) is 125 cm³/mol. The summed E-state index contributed by atoms with van der Waals surface area (Å²) in [5.74, 6) is -1.15. The lowest BCUT2D eigenvalue weighted by Gasteiger charge is -2.31. The average Bonchev–Trinajstić information content (AvgIpc) is 3.10. The number of rotatable bonds is 17. The number of allylic oxidation sites excluding steroid dienone is 4. The van der Waals surface area contributed by atoms with Crippen molar-refractivity contribution in [3.8, 4) is 0 Å². The molecule has 6 heteroatoms. The molecule has 1 aliphatic carbocycles. The molecule has 0 amide bonds. The largest absolute Gasteiger partial charge is 0.481 e. The van der Waals surface area contributed by atoms with Crippen LogP contribution >= 0.6 is 0 Å². The molecule has 0 unspecified atom stereocenters. The van der Waals surface area contributed by atoms with E-state index in [9.17, 15) is 19.5 Å². The van der Waals surface area contributed by atoms with Crippen LogP contribution in [-0.4, -0.2) is 40.6 Å². The molecule has 0 aromatic rings. The first-order chi connectivity index (χ1) is 15.2. The van der Waals surface area contributed by atoms with Gasteiger partial charge in [0.1, 0.15) is 0 Å². The Morgan fingerprint density at radius 3 is 2.62 bits per heavy atom. The molecule has 1 aliphatic rings. The Kier molecular flexibility index (Phi) is 13.2. The number of ether oxygens (including phenoxy) is 1. The smallest absolute Gasteiger partial charge is 0.306 e. The van der Waals surface area contributed by atoms with Gasteiger partial charge in [-0.15, -0.1) is 0 Å². The fourth-order valence-corrected chi connectivity index (χ4v) is 4.01. The first-order valence-electron chi connectivity index (χ1n) is 12.1. The average molecular weight is 451 g/mol. The molecule has 0 aliphatic heterocycles. The molecule has 0 aromatic heterocycles. The lowest BCUT2D eigenvalue weighted by molar-refractivity contribution is -0.147. The van der Waals surface area contributed by atoms with Gasteiger partial charge >= 0.3 is 11.9 Å². The van der Waals surface area contributed by atoms with Crippen LogP contribution in [-0.2, 0) is 19.1 Å². The van der Waals surface area contributed by atoms with Crippen LogP contribution in [0.1, 0.15) is 91.4 Å². The number of aliphatic carboxylic acids is 1. The molecule has 0 heterocycles. The van der Waals surface area contributed by atoms with Crippen LogP contribution in [0.15, 0.2) is 24.3 Å². The van der Waals surface area contributed by atoms with Gasteiger partial charge in [0, 0.05) is 5.92 Å². The molecular weight excluding hydrogens is 408 g/mol. The van der Waals surface area contributed by atoms with Gasteiger partial charge in [0.25, 0.3) is 0 Å². The summed E-state index contributed by atoms with van der Waals surface area (Å²) in [5.41, 5.74) is -0.0949. The fraction of sp³-hybridized carbons (Fsp3) is 0.731. The quantitative estimate of drug-likeness (QED) is 0.179. The number of carboxylic acid groups (broad SMARTS) is 1. The Hall–Kier alpha value is -1.95. The highest BCUT2D eigenvalue weighted by molar-refractivity contribution is 5.94. The minimum atomic E-state index is -1.00. The molecule has 3 atom stereocenters. The number of ketones is 1. The number of aliphatic hydroxyl groups excluding tert-OH is 1. The fourth-order valence-electron chi connectivity index (χ4n) is 4.01. The van der Waals surface area contributed by atoms with E-state index in [1.54, 1.807) is 6.08 Å². The lowest BCUT2D eigenvalue weighted by atomic mass is 9.77. The third-order valence-electron chi connectivity index (χ3n) is 6.37. The van der Waals surface area contributed by atoms with Crippen molar-refractivity contribution in [1.29, 1.82) is 0 Å². The van der Waals surface area contributed by atoms with Crippen molar-refractivity contribution >= 4 is 17.7 Å². The number of hydrogen-bond acceptors (Lipinski definition) is 5. The van der Waals surface area contributed by atoms with Crippen molar-refractivity contribution < 1.29 is 29.3 Å². The van der Waals surface area contributed by atoms with E-state index in [0.717, 1.165) is 44.9 Å². The maximum atomic E-state index is 12.3. The van der Waals surface area contributed by atoms with Crippen LogP contribution in [0.3, 0.4) is 0 Å². The molecule has 1 rings (SSSR count). The summed E-state index contributed by atoms with van der Waals surface area (Å²) >= 11 is 0. The van der Waals surface area contributed by atoms with Crippen LogP contribution in [0, 0.1) is 17.3 Å². The molecule has 0 saturated heterocycles. The van der Waals surface area contributed by atoms with Gasteiger partial charge in [0.2, 0.25) is 0 Å². The van der Waals surface area contributed by atoms with Gasteiger partial charge in [-0.3, -0.25) is 14.4 Å². The molecule has 0 radical (unpaired) electrons. The first-order valence-corrected chi connectivity index (χ1v) is 12.1. The highest BCUT2D eigenvalue weighted by atomic mass is 16.5. The second-order valence-corrected chi connectivity index (χ2v) is 9.53. The molecule has 0 fully saturated rings. The standard InChI is InChI=1S/C26H42O6/c1-4-5-18-26(2,3)23(28)15-13-20-12-14-22(27)21(20)11-9-7-6-8-10-19-32-25(31)17-16-24(29)30/h7,9,12,14,20-21,23,28H,4-6,8,10-11,13,15-19H2,1-3H3,(H,29,30)/t20-,21-,23-/m1/s1. The highest BCUT2D eigenvalue weighted by Crippen LogP contribution is 2.35. The van der Waals surface area contributed by atoms with E-state index in [4.69, 9.17) is 9.84 Å². The third-order valence-corrected chi connectivity index (χ3v) is 6.37. The summed E-state index contributed by atoms with van der Waals surface area (Å²) in [4.78, 5) is 34.0. The van der Waals surface area contributed by atoms with Gasteiger partial charge in [-0.05, 0) is 62.4 Å². The Bertz CT molecular complexity index is 649. The minimum Gasteiger partial charge on any atom is -0.481 e. The van der Waals surface area contributed by atoms with E-state index in [1.807, 2.05) is 6.08 Å². The molecule has 182 valence electrons. The minimum absolute atomic E-state index is 0.0348. The number of unbranched alkanes of at least 4 members (excludes halogenated alkanes) is 3. The Morgan fingerprint density at radius 1 is 1.19 bits per heavy atom. The Morgan fingerprint density at radius 2 is 1.94 bits per heavy atom. The van der Waals surface area contributed by atoms with E-state index in [2.05, 4.69) is 32.9 Å². The van der Waals surface area contributed by atoms with Gasteiger partial charge in [-0.2, -0.15) is 0 Å². The summed E-state index contributed by atoms with van der Waals surface area (Å²) < 4.78 is 5.00. The van der Waals surface area contributed by atoms with Crippen molar-refractivity contribution in [2.45, 2.75) is 97.5 Å². The third kappa shape index (κ3) is 11.1. The molecule has 2 N–H and O–H groups in total. The normalized spacial score (nSPS) is 19.6. The predicted octanol–water partition coefficient (Wildman–Crippen LogP) is 5.24. The molecule has 32 heavy (non-hydrogen) atoms. The summed E-state index contributed by atoms with van der Waals surface area (Å²) in [6.07, 6.45) is 15.1. The van der Waals surface area contributed by atoms with Crippen molar-refractivity contribution in [1.82, 2.24) is 0 Å². The zero-order valence-electron chi connectivity index (χ0n) is 20.1. The van der Waals surface area contributed by atoms with Crippen molar-refractivity contribution in [2.75, 3.05) is 6.61 Å². The van der Waals surface area contributed by atoms with Gasteiger partial charge in [-0.1, -0.05) is 51.8 Å². The van der Waals surface area contributed by atoms with Crippen molar-refractivity contribution in [2.24, 2.45) is 17.3 Å². The maximum Gasteiger partial charge on any atom is 0.306 e. The van der Waals surface area contributed by atoms with Crippen molar-refractivity contribution in [3.05, 3.63) is 24.3 Å². The van der Waals surface area contributed by atoms with Crippen LogP contribution in [0.2, 0.25) is 0 Å². The SMILES string of the molecule is CCCCC(C)(C)[C@H](O)CC[C@H]1C=CC(=O)[C@@H]1CC=CCCCCOC(=O)CCC(=O)O. The van der Waals surface area contributed by atoms with E-state index in [-0.39, 0.29) is 42.0 Å². The molecule has 0 saturated carbocycles. The second-order valence-electron chi connectivity index (χ2n) is 9.53. The van der Waals surface area contributed by atoms with E-state index >= 15 is 0 Å². The van der Waals surface area contributed by atoms with E-state index in [0.29, 0.717) is 19.4 Å². The number of carboxylic acids is 1. The van der Waals surface area contributed by atoms with Gasteiger partial charge in [0.05, 0.1) is 25.6 Å². The van der Waals surface area contributed by atoms with Gasteiger partial charge in [-0.25, -0.2) is 0 Å². The van der Waals surface area contributed by atoms with Crippen molar-refractivity contribution in [3.63, 3.8) is 0 Å². The zero-order chi connectivity index (χ0) is 24.0. The Balaban J connectivity index is 2.26. The summed E-state index contributed by atoms with van der Waals surface area (Å²) in [7, 11) is 0. The number of carbonyl (C=O) groups is 3. The summed E-state index contributed by atoms with van der Waals surface area (Å²) in [6, 6.07) is 0. The van der Waals surface area contributed by atoms with Crippen LogP contribution in [0.25, 0.3) is 0 Å². The Labute approximate surface area is 193 Å². The number of esters is 1. The van der Waals surface area contributed by atoms with Gasteiger partial charge < -0.3 is 14.9 Å². The van der Waals surface area contributed by atoms with Gasteiger partial charge in [0.15, 0.2) is 5.78 Å². The maximum absolute atomic E-state index is 12.3. The topological polar surface area (TPSA) is 101 Å². The zero-order valence-corrected chi connectivity index (χ0v) is 20.1. The number of aliphatic hydroxyl groups is 1. The summed E-state index contributed by atoms with van der Waals surface area (Å²) in [5, 5.41) is 19.2. The molecule has 0 aromatic carbocycles. The molecule has 6 nitrogen and oxygen atoms in total. The lowest BCUT2D eigenvalue weighted by Crippen LogP contribution is -2.30. The first kappa shape index (κ1) is 28.1. The van der Waals surface area contributed by atoms with Crippen LogP contribution in [0.5, 0.6) is 0 Å². The monoisotopic (exact) mass is 450 g/mol. The molecular formula is C26H42O6. The van der Waals surface area contributed by atoms with Crippen LogP contribution in [0.4, 0.5) is 0 Å². The molecule has 0 spiro atoms. The second kappa shape index (κ2) is 15.0. The molecule has 0 bridgehead atoms. The van der Waals surface area contributed by atoms with E-state index < -0.39 is 11.9 Å². The summed E-state index contributed by atoms with van der Waals surface area (Å²) in [6.45, 7) is 6.71. The van der Waals surface area contributed by atoms with Crippen LogP contribution < -0.4 is 0 Å². The number of hydrogen-bond donors (Lipinski definition) is 2. The van der Waals surface area contributed by atoms with E-state index in [1.165, 1.54) is 0 Å². The highest BCUT2D eigenvalue weighted by Gasteiger charge is 2.32.